The number of rotatable bonds is 2. The highest BCUT2D eigenvalue weighted by molar-refractivity contribution is 5.79. The molecule has 2 N–H and O–H groups in total. The number of alkyl halides is 2. The van der Waals surface area contributed by atoms with Crippen molar-refractivity contribution in [2.75, 3.05) is 0 Å². The van der Waals surface area contributed by atoms with Gasteiger partial charge < -0.3 is 5.73 Å². The minimum absolute atomic E-state index is 0.0453. The third kappa shape index (κ3) is 1.59. The molecule has 0 bridgehead atoms. The molecule has 0 saturated heterocycles. The van der Waals surface area contributed by atoms with E-state index in [1.54, 1.807) is 24.3 Å². The van der Waals surface area contributed by atoms with E-state index in [-0.39, 0.29) is 17.6 Å². The zero-order valence-corrected chi connectivity index (χ0v) is 8.36. The van der Waals surface area contributed by atoms with Gasteiger partial charge in [0.15, 0.2) is 0 Å². The fraction of sp³-hybridized carbons (Fsp3) is 0.182. The van der Waals surface area contributed by atoms with Gasteiger partial charge in [0.25, 0.3) is 5.56 Å². The van der Waals surface area contributed by atoms with Gasteiger partial charge in [0.2, 0.25) is 0 Å². The molecule has 0 aliphatic heterocycles. The van der Waals surface area contributed by atoms with Gasteiger partial charge in [-0.25, -0.2) is 0 Å². The van der Waals surface area contributed by atoms with Crippen molar-refractivity contribution < 1.29 is 8.78 Å². The average Bonchev–Trinajstić information content (AvgIpc) is 2.27. The van der Waals surface area contributed by atoms with Crippen LogP contribution < -0.4 is 11.3 Å². The minimum atomic E-state index is -2.86. The Morgan fingerprint density at radius 3 is 2.62 bits per heavy atom. The Hall–Kier alpha value is -1.75. The first-order valence-corrected chi connectivity index (χ1v) is 4.76. The Bertz CT molecular complexity index is 578. The Balaban J connectivity index is 2.91. The Labute approximate surface area is 90.1 Å². The van der Waals surface area contributed by atoms with Crippen LogP contribution in [0, 0.1) is 0 Å². The molecule has 3 nitrogen and oxygen atoms in total. The molecule has 5 heteroatoms. The molecule has 0 saturated carbocycles. The zero-order valence-electron chi connectivity index (χ0n) is 8.36. The molecule has 0 fully saturated rings. The number of halogens is 2. The lowest BCUT2D eigenvalue weighted by Gasteiger charge is -2.10. The molecule has 1 heterocycles. The molecule has 0 aliphatic rings. The van der Waals surface area contributed by atoms with Crippen LogP contribution in [0.25, 0.3) is 10.9 Å². The van der Waals surface area contributed by atoms with E-state index in [1.165, 1.54) is 6.07 Å². The van der Waals surface area contributed by atoms with Crippen LogP contribution in [0.1, 0.15) is 12.1 Å². The molecule has 2 rings (SSSR count). The summed E-state index contributed by atoms with van der Waals surface area (Å²) in [7, 11) is 0. The first kappa shape index (κ1) is 10.8. The van der Waals surface area contributed by atoms with Gasteiger partial charge in [-0.3, -0.25) is 9.36 Å². The number of pyridine rings is 1. The predicted molar refractivity (Wildman–Crippen MR) is 57.4 cm³/mol. The van der Waals surface area contributed by atoms with Crippen molar-refractivity contribution >= 4 is 10.9 Å². The number of para-hydroxylation sites is 1. The number of benzene rings is 1. The lowest BCUT2D eigenvalue weighted by Crippen LogP contribution is -2.26. The summed E-state index contributed by atoms with van der Waals surface area (Å²) in [5, 5.41) is 0.586. The monoisotopic (exact) mass is 224 g/mol. The molecule has 0 unspecified atom stereocenters. The molecule has 2 aromatic rings. The smallest absolute Gasteiger partial charge is 0.321 e. The number of aromatic nitrogens is 1. The second-order valence-corrected chi connectivity index (χ2v) is 3.39. The Morgan fingerprint density at radius 1 is 1.31 bits per heavy atom. The molecule has 1 aromatic carbocycles. The molecule has 0 radical (unpaired) electrons. The summed E-state index contributed by atoms with van der Waals surface area (Å²) in [6.45, 7) is -2.90. The van der Waals surface area contributed by atoms with Crippen LogP contribution in [-0.2, 0) is 6.54 Å². The Kier molecular flexibility index (Phi) is 2.70. The lowest BCUT2D eigenvalue weighted by atomic mass is 10.1. The van der Waals surface area contributed by atoms with Gasteiger partial charge in [0.05, 0.1) is 5.52 Å². The van der Waals surface area contributed by atoms with Crippen molar-refractivity contribution in [3.8, 4) is 0 Å². The summed E-state index contributed by atoms with van der Waals surface area (Å²) in [6, 6.07) is 8.05. The topological polar surface area (TPSA) is 48.0 Å². The normalized spacial score (nSPS) is 11.2. The first-order valence-electron chi connectivity index (χ1n) is 4.76. The summed E-state index contributed by atoms with van der Waals surface area (Å²) in [4.78, 5) is 11.7. The van der Waals surface area contributed by atoms with Gasteiger partial charge in [-0.2, -0.15) is 8.78 Å². The zero-order chi connectivity index (χ0) is 11.7. The number of fused-ring (bicyclic) bond motifs is 1. The number of nitrogens with zero attached hydrogens (tertiary/aromatic N) is 1. The van der Waals surface area contributed by atoms with E-state index in [9.17, 15) is 13.6 Å². The van der Waals surface area contributed by atoms with Crippen LogP contribution in [0.3, 0.4) is 0 Å². The lowest BCUT2D eigenvalue weighted by molar-refractivity contribution is 0.0711. The minimum Gasteiger partial charge on any atom is -0.326 e. The van der Waals surface area contributed by atoms with Gasteiger partial charge in [0.1, 0.15) is 0 Å². The highest BCUT2D eigenvalue weighted by Gasteiger charge is 2.14. The third-order valence-electron chi connectivity index (χ3n) is 2.43. The van der Waals surface area contributed by atoms with Crippen molar-refractivity contribution in [3.05, 3.63) is 46.2 Å². The average molecular weight is 224 g/mol. The van der Waals surface area contributed by atoms with Crippen LogP contribution in [0.4, 0.5) is 8.78 Å². The van der Waals surface area contributed by atoms with E-state index in [1.807, 2.05) is 0 Å². The van der Waals surface area contributed by atoms with Crippen molar-refractivity contribution in [1.29, 1.82) is 0 Å². The predicted octanol–water partition coefficient (Wildman–Crippen LogP) is 1.86. The fourth-order valence-electron chi connectivity index (χ4n) is 1.68. The van der Waals surface area contributed by atoms with Crippen LogP contribution in [0.2, 0.25) is 0 Å². The molecular weight excluding hydrogens is 214 g/mol. The number of nitrogens with two attached hydrogens (primary N) is 1. The van der Waals surface area contributed by atoms with Crippen LogP contribution in [0.15, 0.2) is 35.1 Å². The first-order chi connectivity index (χ1) is 7.65. The second kappa shape index (κ2) is 4.02. The molecule has 0 spiro atoms. The molecule has 0 aliphatic carbocycles. The van der Waals surface area contributed by atoms with Gasteiger partial charge in [0, 0.05) is 12.1 Å². The maximum atomic E-state index is 12.8. The van der Waals surface area contributed by atoms with E-state index in [2.05, 4.69) is 0 Å². The molecule has 84 valence electrons. The van der Waals surface area contributed by atoms with E-state index < -0.39 is 12.1 Å². The third-order valence-corrected chi connectivity index (χ3v) is 2.43. The standard InChI is InChI=1S/C11H10F2N2O/c12-11(13)15-9-4-2-1-3-7(9)5-8(6-14)10(15)16/h1-5,11H,6,14H2. The van der Waals surface area contributed by atoms with Crippen LogP contribution >= 0.6 is 0 Å². The van der Waals surface area contributed by atoms with E-state index in [0.29, 0.717) is 9.95 Å². The van der Waals surface area contributed by atoms with Crippen molar-refractivity contribution in [3.63, 3.8) is 0 Å². The van der Waals surface area contributed by atoms with Crippen LogP contribution in [0.5, 0.6) is 0 Å². The number of hydrogen-bond acceptors (Lipinski definition) is 2. The highest BCUT2D eigenvalue weighted by Crippen LogP contribution is 2.18. The summed E-state index contributed by atoms with van der Waals surface area (Å²) < 4.78 is 26.1. The van der Waals surface area contributed by atoms with Gasteiger partial charge >= 0.3 is 6.55 Å². The fourth-order valence-corrected chi connectivity index (χ4v) is 1.68. The Morgan fingerprint density at radius 2 is 2.00 bits per heavy atom. The molecule has 16 heavy (non-hydrogen) atoms. The summed E-state index contributed by atoms with van der Waals surface area (Å²) in [6.07, 6.45) is 0. The van der Waals surface area contributed by atoms with Crippen molar-refractivity contribution in [1.82, 2.24) is 4.57 Å². The SMILES string of the molecule is NCc1cc2ccccc2n(C(F)F)c1=O. The van der Waals surface area contributed by atoms with Crippen LogP contribution in [-0.4, -0.2) is 4.57 Å². The van der Waals surface area contributed by atoms with Crippen molar-refractivity contribution in [2.45, 2.75) is 13.1 Å². The van der Waals surface area contributed by atoms with Crippen molar-refractivity contribution in [2.24, 2.45) is 5.73 Å². The maximum absolute atomic E-state index is 12.8. The van der Waals surface area contributed by atoms with E-state index in [4.69, 9.17) is 5.73 Å². The quantitative estimate of drug-likeness (QED) is 0.846. The number of hydrogen-bond donors (Lipinski definition) is 1. The van der Waals surface area contributed by atoms with E-state index in [0.717, 1.165) is 0 Å². The van der Waals surface area contributed by atoms with Gasteiger partial charge in [-0.15, -0.1) is 0 Å². The maximum Gasteiger partial charge on any atom is 0.321 e. The summed E-state index contributed by atoms with van der Waals surface area (Å²) in [5.41, 5.74) is 5.04. The molecule has 0 atom stereocenters. The summed E-state index contributed by atoms with van der Waals surface area (Å²) in [5.74, 6) is 0. The summed E-state index contributed by atoms with van der Waals surface area (Å²) >= 11 is 0. The molecular formula is C11H10F2N2O. The highest BCUT2D eigenvalue weighted by atomic mass is 19.3. The second-order valence-electron chi connectivity index (χ2n) is 3.39. The molecule has 1 aromatic heterocycles. The van der Waals surface area contributed by atoms with Gasteiger partial charge in [-0.1, -0.05) is 18.2 Å². The van der Waals surface area contributed by atoms with Gasteiger partial charge in [-0.05, 0) is 17.5 Å². The molecule has 0 amide bonds. The largest absolute Gasteiger partial charge is 0.326 e. The van der Waals surface area contributed by atoms with E-state index >= 15 is 0 Å².